The molecule has 0 radical (unpaired) electrons. The van der Waals surface area contributed by atoms with E-state index in [9.17, 15) is 14.3 Å². The maximum atomic E-state index is 13.4. The van der Waals surface area contributed by atoms with E-state index in [1.165, 1.54) is 12.1 Å². The normalized spacial score (nSPS) is 12.0. The fourth-order valence-electron chi connectivity index (χ4n) is 1.97. The molecule has 110 valence electrons. The first-order valence-electron chi connectivity index (χ1n) is 6.51. The maximum absolute atomic E-state index is 13.4. The van der Waals surface area contributed by atoms with Crippen molar-refractivity contribution in [2.45, 2.75) is 12.5 Å². The number of hydrogen-bond acceptors (Lipinski definition) is 2. The molecule has 0 fully saturated rings. The fourth-order valence-corrected chi connectivity index (χ4v) is 2.21. The minimum atomic E-state index is -0.494. The Hall–Kier alpha value is -1.72. The highest BCUT2D eigenvalue weighted by molar-refractivity contribution is 9.10. The second kappa shape index (κ2) is 7.33. The minimum Gasteiger partial charge on any atom is -0.394 e. The number of nitrogens with one attached hydrogen (secondary N) is 1. The van der Waals surface area contributed by atoms with Crippen LogP contribution in [0.5, 0.6) is 0 Å². The summed E-state index contributed by atoms with van der Waals surface area (Å²) in [5.41, 5.74) is 1.24. The first-order valence-corrected chi connectivity index (χ1v) is 7.30. The number of rotatable bonds is 5. The van der Waals surface area contributed by atoms with Crippen LogP contribution in [0.25, 0.3) is 0 Å². The number of halogens is 2. The van der Waals surface area contributed by atoms with E-state index in [1.807, 2.05) is 30.3 Å². The lowest BCUT2D eigenvalue weighted by atomic mass is 10.1. The van der Waals surface area contributed by atoms with Crippen LogP contribution in [0.4, 0.5) is 4.39 Å². The summed E-state index contributed by atoms with van der Waals surface area (Å²) in [5.74, 6) is -0.900. The summed E-state index contributed by atoms with van der Waals surface area (Å²) in [6.45, 7) is -0.181. The Labute approximate surface area is 130 Å². The Balaban J connectivity index is 2.04. The van der Waals surface area contributed by atoms with Crippen molar-refractivity contribution in [2.75, 3.05) is 6.61 Å². The smallest absolute Gasteiger partial charge is 0.251 e. The monoisotopic (exact) mass is 351 g/mol. The third-order valence-electron chi connectivity index (χ3n) is 3.06. The second-order valence-corrected chi connectivity index (χ2v) is 5.53. The van der Waals surface area contributed by atoms with Gasteiger partial charge < -0.3 is 10.4 Å². The van der Waals surface area contributed by atoms with Crippen molar-refractivity contribution in [3.8, 4) is 0 Å². The summed E-state index contributed by atoms with van der Waals surface area (Å²) < 4.78 is 13.7. The number of benzene rings is 2. The molecule has 2 rings (SSSR count). The van der Waals surface area contributed by atoms with E-state index in [1.54, 1.807) is 0 Å². The zero-order chi connectivity index (χ0) is 15.2. The number of carbonyl (C=O) groups is 1. The molecule has 2 aromatic rings. The van der Waals surface area contributed by atoms with Crippen LogP contribution < -0.4 is 5.32 Å². The Morgan fingerprint density at radius 1 is 1.24 bits per heavy atom. The van der Waals surface area contributed by atoms with Crippen LogP contribution >= 0.6 is 15.9 Å². The van der Waals surface area contributed by atoms with Gasteiger partial charge in [-0.25, -0.2) is 4.39 Å². The van der Waals surface area contributed by atoms with Crippen LogP contribution in [0, 0.1) is 5.82 Å². The molecule has 0 bridgehead atoms. The lowest BCUT2D eigenvalue weighted by Crippen LogP contribution is -2.39. The predicted octanol–water partition coefficient (Wildman–Crippen LogP) is 2.92. The predicted molar refractivity (Wildman–Crippen MR) is 82.6 cm³/mol. The summed E-state index contributed by atoms with van der Waals surface area (Å²) >= 11 is 3.04. The third kappa shape index (κ3) is 4.37. The molecule has 0 spiro atoms. The maximum Gasteiger partial charge on any atom is 0.251 e. The summed E-state index contributed by atoms with van der Waals surface area (Å²) in [6.07, 6.45) is 0.516. The highest BCUT2D eigenvalue weighted by atomic mass is 79.9. The van der Waals surface area contributed by atoms with Crippen molar-refractivity contribution < 1.29 is 14.3 Å². The SMILES string of the molecule is O=C(N[C@@H](CO)Cc1ccccc1)c1ccc(Br)c(F)c1. The number of aliphatic hydroxyl groups is 1. The van der Waals surface area contributed by atoms with Gasteiger partial charge in [0.05, 0.1) is 17.1 Å². The average Bonchev–Trinajstić information content (AvgIpc) is 2.50. The van der Waals surface area contributed by atoms with Crippen molar-refractivity contribution >= 4 is 21.8 Å². The minimum absolute atomic E-state index is 0.181. The molecule has 1 atom stereocenters. The van der Waals surface area contributed by atoms with Crippen LogP contribution in [0.1, 0.15) is 15.9 Å². The van der Waals surface area contributed by atoms with Crippen LogP contribution in [0.2, 0.25) is 0 Å². The molecule has 0 aromatic heterocycles. The Kier molecular flexibility index (Phi) is 5.47. The Morgan fingerprint density at radius 2 is 1.95 bits per heavy atom. The first kappa shape index (κ1) is 15.7. The van der Waals surface area contributed by atoms with Gasteiger partial charge in [-0.1, -0.05) is 30.3 Å². The summed E-state index contributed by atoms with van der Waals surface area (Å²) in [7, 11) is 0. The zero-order valence-electron chi connectivity index (χ0n) is 11.2. The molecule has 0 heterocycles. The highest BCUT2D eigenvalue weighted by Gasteiger charge is 2.14. The molecular formula is C16H15BrFNO2. The molecule has 0 saturated heterocycles. The van der Waals surface area contributed by atoms with Crippen molar-refractivity contribution in [3.05, 3.63) is 69.9 Å². The van der Waals surface area contributed by atoms with E-state index < -0.39 is 17.8 Å². The summed E-state index contributed by atoms with van der Waals surface area (Å²) in [4.78, 5) is 12.1. The van der Waals surface area contributed by atoms with Crippen molar-refractivity contribution in [2.24, 2.45) is 0 Å². The Morgan fingerprint density at radius 3 is 2.57 bits per heavy atom. The number of carbonyl (C=O) groups excluding carboxylic acids is 1. The third-order valence-corrected chi connectivity index (χ3v) is 3.71. The van der Waals surface area contributed by atoms with Gasteiger partial charge in [-0.2, -0.15) is 0 Å². The van der Waals surface area contributed by atoms with Gasteiger partial charge in [0.2, 0.25) is 0 Å². The van der Waals surface area contributed by atoms with Crippen molar-refractivity contribution in [3.63, 3.8) is 0 Å². The van der Waals surface area contributed by atoms with E-state index in [-0.39, 0.29) is 12.2 Å². The standard InChI is InChI=1S/C16H15BrFNO2/c17-14-7-6-12(9-15(14)18)16(21)19-13(10-20)8-11-4-2-1-3-5-11/h1-7,9,13,20H,8,10H2,(H,19,21)/t13-/m1/s1. The molecule has 5 heteroatoms. The molecular weight excluding hydrogens is 337 g/mol. The second-order valence-electron chi connectivity index (χ2n) is 4.67. The van der Waals surface area contributed by atoms with Gasteiger partial charge in [0.1, 0.15) is 5.82 Å². The largest absolute Gasteiger partial charge is 0.394 e. The van der Waals surface area contributed by atoms with E-state index in [0.717, 1.165) is 11.6 Å². The van der Waals surface area contributed by atoms with Gasteiger partial charge in [-0.3, -0.25) is 4.79 Å². The van der Waals surface area contributed by atoms with E-state index in [2.05, 4.69) is 21.2 Å². The van der Waals surface area contributed by atoms with Crippen LogP contribution in [-0.4, -0.2) is 23.7 Å². The molecule has 0 aliphatic rings. The van der Waals surface area contributed by atoms with Gasteiger partial charge in [-0.05, 0) is 46.1 Å². The molecule has 2 aromatic carbocycles. The number of hydrogen-bond donors (Lipinski definition) is 2. The highest BCUT2D eigenvalue weighted by Crippen LogP contribution is 2.16. The lowest BCUT2D eigenvalue weighted by Gasteiger charge is -2.16. The molecule has 0 aliphatic heterocycles. The Bertz CT molecular complexity index is 619. The molecule has 3 nitrogen and oxygen atoms in total. The van der Waals surface area contributed by atoms with E-state index >= 15 is 0 Å². The van der Waals surface area contributed by atoms with Crippen LogP contribution in [0.15, 0.2) is 53.0 Å². The van der Waals surface area contributed by atoms with Gasteiger partial charge in [0, 0.05) is 5.56 Å². The summed E-state index contributed by atoms with van der Waals surface area (Å²) in [6, 6.07) is 13.3. The fraction of sp³-hybridized carbons (Fsp3) is 0.188. The number of amides is 1. The topological polar surface area (TPSA) is 49.3 Å². The summed E-state index contributed by atoms with van der Waals surface area (Å²) in [5, 5.41) is 12.1. The van der Waals surface area contributed by atoms with Gasteiger partial charge in [0.15, 0.2) is 0 Å². The average molecular weight is 352 g/mol. The van der Waals surface area contributed by atoms with E-state index in [0.29, 0.717) is 10.9 Å². The molecule has 1 amide bonds. The van der Waals surface area contributed by atoms with E-state index in [4.69, 9.17) is 0 Å². The molecule has 0 saturated carbocycles. The quantitative estimate of drug-likeness (QED) is 0.869. The van der Waals surface area contributed by atoms with Crippen molar-refractivity contribution in [1.29, 1.82) is 0 Å². The molecule has 0 unspecified atom stereocenters. The van der Waals surface area contributed by atoms with Gasteiger partial charge in [-0.15, -0.1) is 0 Å². The van der Waals surface area contributed by atoms with Gasteiger partial charge in [0.25, 0.3) is 5.91 Å². The molecule has 21 heavy (non-hydrogen) atoms. The van der Waals surface area contributed by atoms with Crippen LogP contribution in [-0.2, 0) is 6.42 Å². The first-order chi connectivity index (χ1) is 10.1. The molecule has 0 aliphatic carbocycles. The van der Waals surface area contributed by atoms with Gasteiger partial charge >= 0.3 is 0 Å². The van der Waals surface area contributed by atoms with Crippen LogP contribution in [0.3, 0.4) is 0 Å². The lowest BCUT2D eigenvalue weighted by molar-refractivity contribution is 0.0916. The number of aliphatic hydroxyl groups excluding tert-OH is 1. The van der Waals surface area contributed by atoms with Crippen molar-refractivity contribution in [1.82, 2.24) is 5.32 Å². The zero-order valence-corrected chi connectivity index (χ0v) is 12.8. The molecule has 2 N–H and O–H groups in total.